The van der Waals surface area contributed by atoms with Gasteiger partial charge in [0.25, 0.3) is 0 Å². The summed E-state index contributed by atoms with van der Waals surface area (Å²) in [4.78, 5) is 18.7. The Kier molecular flexibility index (Phi) is 6.68. The van der Waals surface area contributed by atoms with Crippen molar-refractivity contribution in [2.24, 2.45) is 0 Å². The van der Waals surface area contributed by atoms with Gasteiger partial charge in [-0.1, -0.05) is 24.2 Å². The Labute approximate surface area is 156 Å². The molecule has 26 heavy (non-hydrogen) atoms. The highest BCUT2D eigenvalue weighted by atomic mass is 32.1. The number of carbonyl (C=O) groups is 1. The Morgan fingerprint density at radius 3 is 2.65 bits per heavy atom. The maximum atomic E-state index is 13.3. The number of hydrogen-bond donors (Lipinski definition) is 1. The number of halogens is 2. The summed E-state index contributed by atoms with van der Waals surface area (Å²) in [6.07, 6.45) is 7.97. The van der Waals surface area contributed by atoms with Crippen molar-refractivity contribution in [2.45, 2.75) is 38.5 Å². The molecule has 1 aliphatic heterocycles. The number of likely N-dealkylation sites (tertiary alicyclic amines) is 1. The fourth-order valence-electron chi connectivity index (χ4n) is 3.12. The molecule has 0 spiro atoms. The largest absolute Gasteiger partial charge is 0.316 e. The lowest BCUT2D eigenvalue weighted by Gasteiger charge is -2.19. The molecule has 140 valence electrons. The predicted octanol–water partition coefficient (Wildman–Crippen LogP) is 4.68. The van der Waals surface area contributed by atoms with Crippen LogP contribution in [0.5, 0.6) is 0 Å². The first-order valence-corrected chi connectivity index (χ1v) is 9.87. The second-order valence-electron chi connectivity index (χ2n) is 6.57. The first-order chi connectivity index (χ1) is 12.6. The molecule has 2 aromatic rings. The van der Waals surface area contributed by atoms with E-state index in [9.17, 15) is 13.6 Å². The maximum Gasteiger partial charge on any atom is 0.225 e. The fraction of sp³-hybridized carbons (Fsp3) is 0.474. The summed E-state index contributed by atoms with van der Waals surface area (Å²) in [6, 6.07) is 3.66. The van der Waals surface area contributed by atoms with Gasteiger partial charge in [0.05, 0.1) is 6.20 Å². The van der Waals surface area contributed by atoms with E-state index in [2.05, 4.69) is 15.2 Å². The Morgan fingerprint density at radius 1 is 1.15 bits per heavy atom. The number of rotatable bonds is 6. The average molecular weight is 379 g/mol. The smallest absolute Gasteiger partial charge is 0.225 e. The Morgan fingerprint density at radius 2 is 1.92 bits per heavy atom. The third-order valence-corrected chi connectivity index (χ3v) is 5.47. The van der Waals surface area contributed by atoms with Crippen molar-refractivity contribution in [3.8, 4) is 10.6 Å². The van der Waals surface area contributed by atoms with Gasteiger partial charge in [-0.05, 0) is 57.1 Å². The van der Waals surface area contributed by atoms with Gasteiger partial charge in [-0.15, -0.1) is 0 Å². The van der Waals surface area contributed by atoms with E-state index < -0.39 is 11.6 Å². The van der Waals surface area contributed by atoms with Crippen LogP contribution in [0.15, 0.2) is 24.4 Å². The molecular weight excluding hydrogens is 356 g/mol. The third-order valence-electron chi connectivity index (χ3n) is 4.51. The normalized spacial score (nSPS) is 15.6. The summed E-state index contributed by atoms with van der Waals surface area (Å²) in [7, 11) is 0. The summed E-state index contributed by atoms with van der Waals surface area (Å²) in [6.45, 7) is 3.22. The number of anilines is 1. The van der Waals surface area contributed by atoms with E-state index >= 15 is 0 Å². The molecule has 1 N–H and O–H groups in total. The van der Waals surface area contributed by atoms with Gasteiger partial charge in [-0.3, -0.25) is 4.79 Å². The molecule has 3 rings (SSSR count). The van der Waals surface area contributed by atoms with E-state index in [0.717, 1.165) is 38.2 Å². The number of aromatic nitrogens is 1. The van der Waals surface area contributed by atoms with Crippen molar-refractivity contribution in [3.63, 3.8) is 0 Å². The van der Waals surface area contributed by atoms with Gasteiger partial charge >= 0.3 is 0 Å². The second-order valence-corrected chi connectivity index (χ2v) is 7.60. The van der Waals surface area contributed by atoms with Crippen molar-refractivity contribution in [1.82, 2.24) is 9.88 Å². The Balaban J connectivity index is 1.47. The van der Waals surface area contributed by atoms with E-state index in [1.54, 1.807) is 6.20 Å². The van der Waals surface area contributed by atoms with Gasteiger partial charge in [0.1, 0.15) is 10.0 Å². The predicted molar refractivity (Wildman–Crippen MR) is 100 cm³/mol. The lowest BCUT2D eigenvalue weighted by Crippen LogP contribution is -2.26. The van der Waals surface area contributed by atoms with Crippen molar-refractivity contribution < 1.29 is 13.6 Å². The van der Waals surface area contributed by atoms with E-state index in [-0.39, 0.29) is 5.91 Å². The zero-order chi connectivity index (χ0) is 18.4. The van der Waals surface area contributed by atoms with Crippen LogP contribution in [-0.4, -0.2) is 35.4 Å². The van der Waals surface area contributed by atoms with E-state index in [1.165, 1.54) is 43.1 Å². The van der Waals surface area contributed by atoms with E-state index in [1.807, 2.05) is 0 Å². The highest BCUT2D eigenvalue weighted by Crippen LogP contribution is 2.29. The highest BCUT2D eigenvalue weighted by Gasteiger charge is 2.12. The first kappa shape index (κ1) is 18.9. The minimum Gasteiger partial charge on any atom is -0.316 e. The maximum absolute atomic E-state index is 13.3. The highest BCUT2D eigenvalue weighted by molar-refractivity contribution is 7.19. The molecule has 4 nitrogen and oxygen atoms in total. The van der Waals surface area contributed by atoms with Crippen LogP contribution in [0.1, 0.15) is 38.5 Å². The number of hydrogen-bond acceptors (Lipinski definition) is 4. The van der Waals surface area contributed by atoms with Crippen LogP contribution in [0.25, 0.3) is 10.6 Å². The molecule has 1 aromatic carbocycles. The topological polar surface area (TPSA) is 45.2 Å². The monoisotopic (exact) mass is 379 g/mol. The van der Waals surface area contributed by atoms with Crippen molar-refractivity contribution in [2.75, 3.05) is 25.0 Å². The van der Waals surface area contributed by atoms with E-state index in [0.29, 0.717) is 22.0 Å². The fourth-order valence-corrected chi connectivity index (χ4v) is 3.95. The molecule has 0 aliphatic carbocycles. The molecule has 0 saturated carbocycles. The van der Waals surface area contributed by atoms with Crippen LogP contribution in [-0.2, 0) is 4.79 Å². The van der Waals surface area contributed by atoms with Crippen molar-refractivity contribution in [3.05, 3.63) is 36.0 Å². The van der Waals surface area contributed by atoms with Crippen LogP contribution in [0.3, 0.4) is 0 Å². The molecular formula is C19H23F2N3OS. The molecule has 0 unspecified atom stereocenters. The second kappa shape index (κ2) is 9.19. The van der Waals surface area contributed by atoms with E-state index in [4.69, 9.17) is 0 Å². The minimum atomic E-state index is -0.906. The molecule has 1 aliphatic rings. The molecule has 2 heterocycles. The molecule has 1 amide bonds. The average Bonchev–Trinajstić information content (AvgIpc) is 2.92. The van der Waals surface area contributed by atoms with Gasteiger partial charge in [0, 0.05) is 12.0 Å². The zero-order valence-electron chi connectivity index (χ0n) is 14.6. The van der Waals surface area contributed by atoms with Crippen LogP contribution in [0.4, 0.5) is 13.8 Å². The Bertz CT molecular complexity index is 742. The molecule has 1 aromatic heterocycles. The van der Waals surface area contributed by atoms with Gasteiger partial charge < -0.3 is 10.2 Å². The summed E-state index contributed by atoms with van der Waals surface area (Å²) >= 11 is 1.25. The first-order valence-electron chi connectivity index (χ1n) is 9.05. The molecule has 0 bridgehead atoms. The number of nitrogens with zero attached hydrogens (tertiary/aromatic N) is 2. The molecule has 1 fully saturated rings. The molecule has 7 heteroatoms. The van der Waals surface area contributed by atoms with Crippen LogP contribution < -0.4 is 5.32 Å². The quantitative estimate of drug-likeness (QED) is 0.792. The standard InChI is InChI=1S/C19H23F2N3OS/c20-15-8-7-14(12-16(15)21)19-22-13-18(26-19)23-17(25)6-5-11-24-9-3-1-2-4-10-24/h7-8,12-13H,1-6,9-11H2,(H,23,25). The SMILES string of the molecule is O=C(CCCN1CCCCCC1)Nc1cnc(-c2ccc(F)c(F)c2)s1. The van der Waals surface area contributed by atoms with Gasteiger partial charge in [-0.25, -0.2) is 13.8 Å². The van der Waals surface area contributed by atoms with Gasteiger partial charge in [0.2, 0.25) is 5.91 Å². The van der Waals surface area contributed by atoms with Crippen LogP contribution in [0, 0.1) is 11.6 Å². The Hall–Kier alpha value is -1.86. The summed E-state index contributed by atoms with van der Waals surface area (Å²) < 4.78 is 26.3. The lowest BCUT2D eigenvalue weighted by molar-refractivity contribution is -0.116. The number of carbonyl (C=O) groups excluding carboxylic acids is 1. The molecule has 0 atom stereocenters. The van der Waals surface area contributed by atoms with Gasteiger partial charge in [0.15, 0.2) is 11.6 Å². The molecule has 0 radical (unpaired) electrons. The number of nitrogens with one attached hydrogen (secondary N) is 1. The van der Waals surface area contributed by atoms with Gasteiger partial charge in [-0.2, -0.15) is 0 Å². The number of amides is 1. The summed E-state index contributed by atoms with van der Waals surface area (Å²) in [5.74, 6) is -1.83. The zero-order valence-corrected chi connectivity index (χ0v) is 15.5. The summed E-state index contributed by atoms with van der Waals surface area (Å²) in [5.41, 5.74) is 0.496. The van der Waals surface area contributed by atoms with Crippen LogP contribution in [0.2, 0.25) is 0 Å². The number of thiazole rings is 1. The summed E-state index contributed by atoms with van der Waals surface area (Å²) in [5, 5.41) is 4.00. The third kappa shape index (κ3) is 5.32. The van der Waals surface area contributed by atoms with Crippen LogP contribution >= 0.6 is 11.3 Å². The van der Waals surface area contributed by atoms with Crippen molar-refractivity contribution >= 4 is 22.2 Å². The minimum absolute atomic E-state index is 0.0414. The number of benzene rings is 1. The molecule has 1 saturated heterocycles. The lowest BCUT2D eigenvalue weighted by atomic mass is 10.2. The van der Waals surface area contributed by atoms with Crippen molar-refractivity contribution in [1.29, 1.82) is 0 Å².